The Hall–Kier alpha value is -4.68. The fourth-order valence-corrected chi connectivity index (χ4v) is 3.57. The van der Waals surface area contributed by atoms with Crippen LogP contribution in [0, 0.1) is 27.2 Å². The predicted octanol–water partition coefficient (Wildman–Crippen LogP) is 2.70. The average Bonchev–Trinajstić information content (AvgIpc) is 2.83. The number of rotatable bonds is 6. The molecule has 1 saturated heterocycles. The molecule has 1 aliphatic rings. The highest BCUT2D eigenvalue weighted by molar-refractivity contribution is 5.95. The Labute approximate surface area is 193 Å². The third-order valence-corrected chi connectivity index (χ3v) is 5.29. The van der Waals surface area contributed by atoms with Crippen molar-refractivity contribution >= 4 is 34.7 Å². The molecule has 1 aliphatic heterocycles. The van der Waals surface area contributed by atoms with Crippen molar-refractivity contribution in [2.45, 2.75) is 6.92 Å². The molecule has 1 amide bonds. The van der Waals surface area contributed by atoms with Crippen molar-refractivity contribution in [3.8, 4) is 0 Å². The molecule has 0 aliphatic carbocycles. The summed E-state index contributed by atoms with van der Waals surface area (Å²) in [6.07, 6.45) is 3.14. The van der Waals surface area contributed by atoms with Crippen LogP contribution in [0.25, 0.3) is 0 Å². The summed E-state index contributed by atoms with van der Waals surface area (Å²) in [5, 5.41) is 25.4. The number of aryl methyl sites for hydroxylation is 1. The summed E-state index contributed by atoms with van der Waals surface area (Å²) in [7, 11) is 0. The van der Waals surface area contributed by atoms with Crippen LogP contribution < -0.4 is 10.2 Å². The van der Waals surface area contributed by atoms with E-state index in [4.69, 9.17) is 0 Å². The minimum Gasteiger partial charge on any atom is -0.353 e. The second kappa shape index (κ2) is 9.44. The molecule has 1 aromatic carbocycles. The number of piperazine rings is 1. The number of carbonyl (C=O) groups is 1. The molecule has 0 bridgehead atoms. The highest BCUT2D eigenvalue weighted by Gasteiger charge is 2.26. The number of nitrogens with zero attached hydrogens (tertiary/aromatic N) is 7. The van der Waals surface area contributed by atoms with Crippen molar-refractivity contribution in [3.05, 3.63) is 80.3 Å². The minimum absolute atomic E-state index is 0.0893. The van der Waals surface area contributed by atoms with Gasteiger partial charge in [0.25, 0.3) is 17.3 Å². The number of pyridine rings is 1. The smallest absolute Gasteiger partial charge is 0.277 e. The molecule has 4 rings (SSSR count). The number of amides is 1. The largest absolute Gasteiger partial charge is 0.353 e. The molecule has 0 atom stereocenters. The lowest BCUT2D eigenvalue weighted by molar-refractivity contribution is -0.394. The van der Waals surface area contributed by atoms with Crippen LogP contribution in [0.15, 0.2) is 48.9 Å². The molecule has 2 aromatic heterocycles. The third-order valence-electron chi connectivity index (χ3n) is 5.29. The lowest BCUT2D eigenvalue weighted by Gasteiger charge is -2.35. The van der Waals surface area contributed by atoms with Crippen LogP contribution in [0.3, 0.4) is 0 Å². The molecule has 0 radical (unpaired) electrons. The fraction of sp³-hybridized carbons (Fsp3) is 0.238. The quantitative estimate of drug-likeness (QED) is 0.424. The first-order valence-corrected chi connectivity index (χ1v) is 10.3. The van der Waals surface area contributed by atoms with Crippen molar-refractivity contribution in [1.29, 1.82) is 0 Å². The summed E-state index contributed by atoms with van der Waals surface area (Å²) in [5.41, 5.74) is -0.0317. The maximum Gasteiger partial charge on any atom is 0.277 e. The number of benzene rings is 1. The molecule has 1 fully saturated rings. The first kappa shape index (κ1) is 22.5. The number of anilines is 3. The highest BCUT2D eigenvalue weighted by Crippen LogP contribution is 2.25. The van der Waals surface area contributed by atoms with Gasteiger partial charge in [0.2, 0.25) is 0 Å². The summed E-state index contributed by atoms with van der Waals surface area (Å²) < 4.78 is 0. The van der Waals surface area contributed by atoms with Crippen molar-refractivity contribution in [1.82, 2.24) is 19.9 Å². The summed E-state index contributed by atoms with van der Waals surface area (Å²) in [6, 6.07) is 8.52. The summed E-state index contributed by atoms with van der Waals surface area (Å²) in [4.78, 5) is 49.9. The molecule has 3 aromatic rings. The molecule has 0 spiro atoms. The van der Waals surface area contributed by atoms with E-state index in [1.807, 2.05) is 24.0 Å². The molecule has 174 valence electrons. The van der Waals surface area contributed by atoms with E-state index in [0.717, 1.165) is 23.8 Å². The Morgan fingerprint density at radius 2 is 1.56 bits per heavy atom. The number of aromatic nitrogens is 3. The lowest BCUT2D eigenvalue weighted by atomic mass is 10.1. The minimum atomic E-state index is -0.755. The number of carbonyl (C=O) groups excluding carboxylic acids is 1. The van der Waals surface area contributed by atoms with E-state index in [9.17, 15) is 25.0 Å². The van der Waals surface area contributed by atoms with Gasteiger partial charge in [-0.1, -0.05) is 0 Å². The maximum absolute atomic E-state index is 12.9. The van der Waals surface area contributed by atoms with E-state index < -0.39 is 27.1 Å². The maximum atomic E-state index is 12.9. The van der Waals surface area contributed by atoms with Gasteiger partial charge in [-0.05, 0) is 24.6 Å². The highest BCUT2D eigenvalue weighted by atomic mass is 16.6. The summed E-state index contributed by atoms with van der Waals surface area (Å²) in [6.45, 7) is 3.53. The Morgan fingerprint density at radius 1 is 0.912 bits per heavy atom. The van der Waals surface area contributed by atoms with Crippen LogP contribution in [0.5, 0.6) is 0 Å². The Kier molecular flexibility index (Phi) is 6.25. The van der Waals surface area contributed by atoms with Gasteiger partial charge < -0.3 is 15.1 Å². The summed E-state index contributed by atoms with van der Waals surface area (Å²) in [5.74, 6) is 1.40. The van der Waals surface area contributed by atoms with Gasteiger partial charge in [0.15, 0.2) is 0 Å². The zero-order valence-electron chi connectivity index (χ0n) is 18.1. The van der Waals surface area contributed by atoms with Crippen molar-refractivity contribution < 1.29 is 14.6 Å². The predicted molar refractivity (Wildman–Crippen MR) is 122 cm³/mol. The van der Waals surface area contributed by atoms with Crippen molar-refractivity contribution in [2.75, 3.05) is 36.4 Å². The number of nitro groups is 2. The second-order valence-corrected chi connectivity index (χ2v) is 7.64. The number of nitro benzene ring substituents is 2. The third kappa shape index (κ3) is 5.03. The van der Waals surface area contributed by atoms with Gasteiger partial charge in [-0.3, -0.25) is 25.0 Å². The van der Waals surface area contributed by atoms with E-state index >= 15 is 0 Å². The normalized spacial score (nSPS) is 13.4. The van der Waals surface area contributed by atoms with Crippen LogP contribution >= 0.6 is 0 Å². The zero-order chi connectivity index (χ0) is 24.2. The zero-order valence-corrected chi connectivity index (χ0v) is 18.1. The number of non-ortho nitro benzene ring substituents is 2. The Bertz CT molecular complexity index is 1230. The van der Waals surface area contributed by atoms with Crippen LogP contribution in [-0.2, 0) is 0 Å². The van der Waals surface area contributed by atoms with E-state index in [1.165, 1.54) is 11.2 Å². The topological polar surface area (TPSA) is 161 Å². The van der Waals surface area contributed by atoms with Gasteiger partial charge in [-0.25, -0.2) is 15.0 Å². The molecule has 0 unspecified atom stereocenters. The first-order chi connectivity index (χ1) is 16.3. The molecule has 13 nitrogen and oxygen atoms in total. The molecule has 0 saturated carbocycles. The van der Waals surface area contributed by atoms with E-state index in [0.29, 0.717) is 43.6 Å². The van der Waals surface area contributed by atoms with Gasteiger partial charge in [-0.2, -0.15) is 0 Å². The Morgan fingerprint density at radius 3 is 2.18 bits per heavy atom. The molecule has 34 heavy (non-hydrogen) atoms. The molecule has 3 heterocycles. The SMILES string of the molecule is Cc1ccnc(Nc2cc(N3CCN(C(=O)c4cc([N+](=O)[O-])cc([N+](=O)[O-])c4)CC3)ncn2)c1. The van der Waals surface area contributed by atoms with Gasteiger partial charge in [0.1, 0.15) is 23.8 Å². The van der Waals surface area contributed by atoms with E-state index in [2.05, 4.69) is 20.3 Å². The van der Waals surface area contributed by atoms with Gasteiger partial charge >= 0.3 is 0 Å². The number of hydrogen-bond acceptors (Lipinski definition) is 10. The van der Waals surface area contributed by atoms with Crippen LogP contribution in [-0.4, -0.2) is 61.8 Å². The number of hydrogen-bond donors (Lipinski definition) is 1. The monoisotopic (exact) mass is 464 g/mol. The number of nitrogens with one attached hydrogen (secondary N) is 1. The van der Waals surface area contributed by atoms with Crippen LogP contribution in [0.1, 0.15) is 15.9 Å². The van der Waals surface area contributed by atoms with Gasteiger partial charge in [-0.15, -0.1) is 0 Å². The molecule has 13 heteroatoms. The standard InChI is InChI=1S/C21H20N8O5/c1-14-2-3-22-18(8-14)25-19-12-20(24-13-23-19)26-4-6-27(7-5-26)21(30)15-9-16(28(31)32)11-17(10-15)29(33)34/h2-3,8-13H,4-7H2,1H3,(H,22,23,24,25). The van der Waals surface area contributed by atoms with Gasteiger partial charge in [0.05, 0.1) is 21.5 Å². The lowest BCUT2D eigenvalue weighted by Crippen LogP contribution is -2.49. The van der Waals surface area contributed by atoms with E-state index in [1.54, 1.807) is 12.3 Å². The summed E-state index contributed by atoms with van der Waals surface area (Å²) >= 11 is 0. The first-order valence-electron chi connectivity index (χ1n) is 10.3. The van der Waals surface area contributed by atoms with Gasteiger partial charge in [0, 0.05) is 50.6 Å². The Balaban J connectivity index is 1.44. The second-order valence-electron chi connectivity index (χ2n) is 7.64. The van der Waals surface area contributed by atoms with Crippen molar-refractivity contribution in [3.63, 3.8) is 0 Å². The average molecular weight is 464 g/mol. The molecular weight excluding hydrogens is 444 g/mol. The van der Waals surface area contributed by atoms with Crippen LogP contribution in [0.4, 0.5) is 28.8 Å². The fourth-order valence-electron chi connectivity index (χ4n) is 3.57. The van der Waals surface area contributed by atoms with E-state index in [-0.39, 0.29) is 5.56 Å². The van der Waals surface area contributed by atoms with Crippen molar-refractivity contribution in [2.24, 2.45) is 0 Å². The van der Waals surface area contributed by atoms with Crippen LogP contribution in [0.2, 0.25) is 0 Å². The molecule has 1 N–H and O–H groups in total. The molecular formula is C21H20N8O5.